The molecular weight excluding hydrogens is 571 g/mol. The number of benzene rings is 2. The third kappa shape index (κ3) is 10.5. The smallest absolute Gasteiger partial charge is 0.515 e. The first-order valence-electron chi connectivity index (χ1n) is 11.6. The van der Waals surface area contributed by atoms with E-state index < -0.39 is 0 Å². The first kappa shape index (κ1) is 31.5. The van der Waals surface area contributed by atoms with E-state index in [0.29, 0.717) is 21.6 Å². The minimum Gasteiger partial charge on any atom is -0.515 e. The number of rotatable bonds is 6. The second kappa shape index (κ2) is 17.7. The van der Waals surface area contributed by atoms with Gasteiger partial charge in [-0.2, -0.15) is 0 Å². The van der Waals surface area contributed by atoms with Gasteiger partial charge in [0.25, 0.3) is 0 Å². The maximum atomic E-state index is 4.31. The molecule has 200 valence electrons. The van der Waals surface area contributed by atoms with Crippen molar-refractivity contribution in [3.05, 3.63) is 143 Å². The fourth-order valence-electron chi connectivity index (χ4n) is 3.01. The van der Waals surface area contributed by atoms with E-state index in [1.54, 1.807) is 26.5 Å². The Morgan fingerprint density at radius 2 is 0.949 bits per heavy atom. The third-order valence-electron chi connectivity index (χ3n) is 4.85. The number of nitrogens with zero attached hydrogens (tertiary/aromatic N) is 6. The molecule has 0 bridgehead atoms. The first-order valence-corrected chi connectivity index (χ1v) is 12.5. The van der Waals surface area contributed by atoms with Crippen molar-refractivity contribution in [1.82, 2.24) is 20.6 Å². The SMILES string of the molecule is CNC(=[SH+])[N-]N=C(c1ccccc1)c1ccccn1.CNC(=[SH+])[N-]N=C(c1ccccc1)c1ccccn1.[Ni+2]. The van der Waals surface area contributed by atoms with Gasteiger partial charge in [0.15, 0.2) is 34.7 Å². The van der Waals surface area contributed by atoms with Crippen LogP contribution in [-0.2, 0) is 40.9 Å². The second-order valence-corrected chi connectivity index (χ2v) is 8.25. The first-order chi connectivity index (χ1) is 18.6. The van der Waals surface area contributed by atoms with E-state index in [0.717, 1.165) is 22.5 Å². The minimum absolute atomic E-state index is 0. The summed E-state index contributed by atoms with van der Waals surface area (Å²) in [6.07, 6.45) is 3.47. The van der Waals surface area contributed by atoms with Crippen molar-refractivity contribution in [2.45, 2.75) is 0 Å². The van der Waals surface area contributed by atoms with E-state index in [1.165, 1.54) is 0 Å². The molecular formula is C28H28N8NiS2+2. The van der Waals surface area contributed by atoms with Gasteiger partial charge in [-0.25, -0.2) is 0 Å². The van der Waals surface area contributed by atoms with Crippen LogP contribution in [0.15, 0.2) is 120 Å². The van der Waals surface area contributed by atoms with Crippen LogP contribution in [0.3, 0.4) is 0 Å². The summed E-state index contributed by atoms with van der Waals surface area (Å²) >= 11 is 8.28. The van der Waals surface area contributed by atoms with Crippen molar-refractivity contribution in [3.63, 3.8) is 0 Å². The van der Waals surface area contributed by atoms with Gasteiger partial charge in [0.1, 0.15) is 0 Å². The summed E-state index contributed by atoms with van der Waals surface area (Å²) in [6, 6.07) is 31.0. The quantitative estimate of drug-likeness (QED) is 0.0884. The van der Waals surface area contributed by atoms with Crippen LogP contribution in [0.1, 0.15) is 22.5 Å². The van der Waals surface area contributed by atoms with Gasteiger partial charge >= 0.3 is 16.5 Å². The number of nitrogens with one attached hydrogen (secondary N) is 2. The van der Waals surface area contributed by atoms with Gasteiger partial charge in [-0.15, -0.1) is 0 Å². The van der Waals surface area contributed by atoms with Gasteiger partial charge in [0.2, 0.25) is 0 Å². The minimum atomic E-state index is 0. The Morgan fingerprint density at radius 3 is 1.26 bits per heavy atom. The fourth-order valence-corrected chi connectivity index (χ4v) is 3.10. The average Bonchev–Trinajstić information content (AvgIpc) is 2.99. The number of aromatic nitrogens is 2. The molecule has 0 aliphatic carbocycles. The molecule has 0 aliphatic heterocycles. The molecule has 0 atom stereocenters. The molecule has 0 fully saturated rings. The van der Waals surface area contributed by atoms with Crippen LogP contribution >= 0.6 is 0 Å². The van der Waals surface area contributed by atoms with Crippen LogP contribution in [0.4, 0.5) is 0 Å². The van der Waals surface area contributed by atoms with Crippen molar-refractivity contribution in [3.8, 4) is 0 Å². The second-order valence-electron chi connectivity index (χ2n) is 7.41. The molecule has 11 heteroatoms. The summed E-state index contributed by atoms with van der Waals surface area (Å²) in [7, 11) is 3.48. The van der Waals surface area contributed by atoms with E-state index in [2.05, 4.69) is 66.1 Å². The van der Waals surface area contributed by atoms with Crippen LogP contribution in [0.2, 0.25) is 0 Å². The third-order valence-corrected chi connectivity index (χ3v) is 5.47. The summed E-state index contributed by atoms with van der Waals surface area (Å²) in [5, 5.41) is 15.0. The Labute approximate surface area is 249 Å². The van der Waals surface area contributed by atoms with Gasteiger partial charge < -0.3 is 21.1 Å². The molecule has 4 aromatic rings. The van der Waals surface area contributed by atoms with Crippen LogP contribution in [0, 0.1) is 0 Å². The Hall–Kier alpha value is -3.73. The number of hydrogen-bond acceptors (Lipinski definition) is 4. The summed E-state index contributed by atoms with van der Waals surface area (Å²) in [5.41, 5.74) is 12.9. The van der Waals surface area contributed by atoms with Crippen molar-refractivity contribution in [1.29, 1.82) is 0 Å². The Morgan fingerprint density at radius 1 is 0.590 bits per heavy atom. The summed E-state index contributed by atoms with van der Waals surface area (Å²) in [4.78, 5) is 8.63. The Kier molecular flexibility index (Phi) is 14.3. The molecule has 0 unspecified atom stereocenters. The molecule has 2 heterocycles. The summed E-state index contributed by atoms with van der Waals surface area (Å²) in [6.45, 7) is 0. The normalized spacial score (nSPS) is 10.8. The molecule has 0 spiro atoms. The number of thiol groups is 2. The van der Waals surface area contributed by atoms with Gasteiger partial charge in [-0.1, -0.05) is 72.8 Å². The van der Waals surface area contributed by atoms with Gasteiger partial charge in [0.05, 0.1) is 22.8 Å². The average molecular weight is 599 g/mol. The summed E-state index contributed by atoms with van der Waals surface area (Å²) < 4.78 is 0. The van der Waals surface area contributed by atoms with Crippen molar-refractivity contribution in [2.75, 3.05) is 14.1 Å². The molecule has 2 aromatic carbocycles. The number of hydrogen-bond donors (Lipinski definition) is 2. The Bertz CT molecular complexity index is 1160. The summed E-state index contributed by atoms with van der Waals surface area (Å²) in [5.74, 6) is 0. The van der Waals surface area contributed by atoms with Gasteiger partial charge in [0, 0.05) is 23.5 Å². The van der Waals surface area contributed by atoms with Crippen LogP contribution in [0.5, 0.6) is 0 Å². The molecule has 0 saturated carbocycles. The molecule has 39 heavy (non-hydrogen) atoms. The zero-order chi connectivity index (χ0) is 27.0. The van der Waals surface area contributed by atoms with E-state index in [1.807, 2.05) is 97.1 Å². The zero-order valence-corrected chi connectivity index (χ0v) is 24.1. The van der Waals surface area contributed by atoms with Crippen molar-refractivity contribution < 1.29 is 16.5 Å². The Balaban J connectivity index is 0.000000267. The molecule has 0 saturated heterocycles. The molecule has 2 N–H and O–H groups in total. The predicted molar refractivity (Wildman–Crippen MR) is 165 cm³/mol. The van der Waals surface area contributed by atoms with E-state index in [-0.39, 0.29) is 16.5 Å². The maximum Gasteiger partial charge on any atom is 2.00 e. The standard InChI is InChI=1S/2C14H14N4S.Ni/c2*1-15-14(19)18-17-13(11-7-3-2-4-8-11)12-9-5-6-10-16-12;/h2*2-10H,1H3,(H2,15,16,18,19);/q;;+2. The van der Waals surface area contributed by atoms with Gasteiger partial charge in [-0.05, 0) is 38.4 Å². The van der Waals surface area contributed by atoms with Crippen LogP contribution in [-0.4, -0.2) is 45.7 Å². The van der Waals surface area contributed by atoms with Gasteiger partial charge in [-0.3, -0.25) is 20.6 Å². The van der Waals surface area contributed by atoms with E-state index in [9.17, 15) is 0 Å². The van der Waals surface area contributed by atoms with Crippen LogP contribution < -0.4 is 10.6 Å². The molecule has 0 amide bonds. The molecule has 0 radical (unpaired) electrons. The molecule has 0 aliphatic rings. The number of pyridine rings is 2. The zero-order valence-electron chi connectivity index (χ0n) is 21.3. The van der Waals surface area contributed by atoms with Crippen molar-refractivity contribution >= 4 is 46.1 Å². The van der Waals surface area contributed by atoms with E-state index in [4.69, 9.17) is 0 Å². The molecule has 4 rings (SSSR count). The van der Waals surface area contributed by atoms with Crippen molar-refractivity contribution in [2.24, 2.45) is 10.2 Å². The predicted octanol–water partition coefficient (Wildman–Crippen LogP) is 3.58. The van der Waals surface area contributed by atoms with E-state index >= 15 is 0 Å². The molecule has 8 nitrogen and oxygen atoms in total. The monoisotopic (exact) mass is 598 g/mol. The maximum absolute atomic E-state index is 4.31. The van der Waals surface area contributed by atoms with Crippen LogP contribution in [0.25, 0.3) is 10.9 Å². The largest absolute Gasteiger partial charge is 2.00 e. The fraction of sp³-hybridized carbons (Fsp3) is 0.0714. The topological polar surface area (TPSA) is 103 Å². The molecule has 2 aromatic heterocycles.